The van der Waals surface area contributed by atoms with E-state index in [0.29, 0.717) is 32.9 Å². The van der Waals surface area contributed by atoms with E-state index in [9.17, 15) is 14.0 Å². The first-order valence-corrected chi connectivity index (χ1v) is 11.1. The molecule has 0 atom stereocenters. The van der Waals surface area contributed by atoms with Gasteiger partial charge in [0.05, 0.1) is 27.3 Å². The van der Waals surface area contributed by atoms with Gasteiger partial charge >= 0.3 is 0 Å². The largest absolute Gasteiger partial charge is 0.353 e. The molecule has 0 aliphatic carbocycles. The highest BCUT2D eigenvalue weighted by atomic mass is 35.5. The van der Waals surface area contributed by atoms with Crippen LogP contribution in [0, 0.1) is 12.7 Å². The van der Waals surface area contributed by atoms with Crippen LogP contribution in [-0.2, 0) is 10.2 Å². The zero-order valence-corrected chi connectivity index (χ0v) is 20.0. The summed E-state index contributed by atoms with van der Waals surface area (Å²) >= 11 is 6.15. The van der Waals surface area contributed by atoms with Gasteiger partial charge in [-0.05, 0) is 44.5 Å². The first-order valence-electron chi connectivity index (χ1n) is 10.8. The maximum Gasteiger partial charge on any atom is 0.257 e. The minimum atomic E-state index is -0.580. The molecule has 1 aliphatic heterocycles. The summed E-state index contributed by atoms with van der Waals surface area (Å²) in [4.78, 5) is 36.0. The maximum absolute atomic E-state index is 14.2. The summed E-state index contributed by atoms with van der Waals surface area (Å²) in [7, 11) is 0. The summed E-state index contributed by atoms with van der Waals surface area (Å²) in [5.41, 5.74) is 3.22. The maximum atomic E-state index is 14.2. The van der Waals surface area contributed by atoms with E-state index < -0.39 is 11.2 Å². The Morgan fingerprint density at radius 1 is 1.27 bits per heavy atom. The Kier molecular flexibility index (Phi) is 5.78. The van der Waals surface area contributed by atoms with Gasteiger partial charge < -0.3 is 15.2 Å². The van der Waals surface area contributed by atoms with Crippen molar-refractivity contribution in [3.8, 4) is 0 Å². The predicted molar refractivity (Wildman–Crippen MR) is 128 cm³/mol. The number of carbonyl (C=O) groups is 2. The van der Waals surface area contributed by atoms with Crippen molar-refractivity contribution in [2.75, 3.05) is 6.54 Å². The lowest BCUT2D eigenvalue weighted by atomic mass is 9.82. The smallest absolute Gasteiger partial charge is 0.257 e. The molecule has 2 N–H and O–H groups in total. The minimum Gasteiger partial charge on any atom is -0.353 e. The van der Waals surface area contributed by atoms with Gasteiger partial charge in [0.15, 0.2) is 0 Å². The van der Waals surface area contributed by atoms with E-state index in [1.165, 1.54) is 11.0 Å². The number of carbonyl (C=O) groups excluding carboxylic acids is 2. The summed E-state index contributed by atoms with van der Waals surface area (Å²) < 4.78 is 14.2. The number of halogens is 2. The highest BCUT2D eigenvalue weighted by Gasteiger charge is 2.37. The molecule has 0 fully saturated rings. The number of aromatic nitrogens is 2. The first kappa shape index (κ1) is 23.0. The van der Waals surface area contributed by atoms with Gasteiger partial charge in [0, 0.05) is 41.5 Å². The van der Waals surface area contributed by atoms with Crippen LogP contribution in [0.25, 0.3) is 16.6 Å². The fourth-order valence-electron chi connectivity index (χ4n) is 4.22. The van der Waals surface area contributed by atoms with Crippen LogP contribution >= 0.6 is 11.6 Å². The molecule has 6 nitrogen and oxygen atoms in total. The number of H-pyrrole nitrogens is 1. The van der Waals surface area contributed by atoms with Crippen molar-refractivity contribution in [1.29, 1.82) is 0 Å². The van der Waals surface area contributed by atoms with Crippen LogP contribution in [0.4, 0.5) is 4.39 Å². The van der Waals surface area contributed by atoms with E-state index >= 15 is 0 Å². The molecule has 1 aromatic carbocycles. The number of fused-ring (bicyclic) bond motifs is 3. The Bertz CT molecular complexity index is 1310. The van der Waals surface area contributed by atoms with Crippen LogP contribution in [0.5, 0.6) is 0 Å². The number of nitrogens with zero attached hydrogens (tertiary/aromatic N) is 2. The van der Waals surface area contributed by atoms with Crippen molar-refractivity contribution >= 4 is 40.0 Å². The van der Waals surface area contributed by atoms with Crippen molar-refractivity contribution in [2.45, 2.75) is 46.1 Å². The van der Waals surface area contributed by atoms with Crippen molar-refractivity contribution < 1.29 is 14.0 Å². The van der Waals surface area contributed by atoms with Gasteiger partial charge in [0.2, 0.25) is 0 Å². The van der Waals surface area contributed by atoms with E-state index in [-0.39, 0.29) is 30.0 Å². The van der Waals surface area contributed by atoms with Crippen LogP contribution in [0.3, 0.4) is 0 Å². The second-order valence-electron chi connectivity index (χ2n) is 9.38. The quantitative estimate of drug-likeness (QED) is 0.570. The van der Waals surface area contributed by atoms with Gasteiger partial charge in [-0.1, -0.05) is 31.5 Å². The Labute approximate surface area is 196 Å². The lowest BCUT2D eigenvalue weighted by molar-refractivity contribution is -0.116. The molecule has 33 heavy (non-hydrogen) atoms. The summed E-state index contributed by atoms with van der Waals surface area (Å²) in [6.07, 6.45) is 3.11. The molecule has 0 saturated heterocycles. The third-order valence-corrected chi connectivity index (χ3v) is 5.95. The normalized spacial score (nSPS) is 15.3. The number of aromatic amines is 1. The number of rotatable bonds is 3. The minimum absolute atomic E-state index is 0.106. The van der Waals surface area contributed by atoms with Crippen molar-refractivity contribution in [3.05, 3.63) is 69.9 Å². The molecular weight excluding hydrogens is 443 g/mol. The molecule has 3 heterocycles. The monoisotopic (exact) mass is 468 g/mol. The molecule has 0 unspecified atom stereocenters. The Morgan fingerprint density at radius 2 is 2.00 bits per heavy atom. The van der Waals surface area contributed by atoms with Gasteiger partial charge in [0.1, 0.15) is 5.82 Å². The fourth-order valence-corrected chi connectivity index (χ4v) is 4.37. The standard InChI is InChI=1S/C25H26ClFN4O2/c1-13(2)29-23(32)17-11-31(24(33)15-7-6-14(3)18(27)8-15)12-25(4,5)20-21(17)30-19-9-16(26)10-28-22(19)20/h6-11,13,30H,12H2,1-5H3,(H,29,32). The summed E-state index contributed by atoms with van der Waals surface area (Å²) in [5.74, 6) is -1.16. The van der Waals surface area contributed by atoms with Crippen LogP contribution in [0.15, 0.2) is 36.7 Å². The number of aryl methyl sites for hydroxylation is 1. The second kappa shape index (κ2) is 8.30. The molecule has 1 aliphatic rings. The van der Waals surface area contributed by atoms with Gasteiger partial charge in [-0.15, -0.1) is 0 Å². The van der Waals surface area contributed by atoms with Crippen LogP contribution < -0.4 is 5.32 Å². The highest BCUT2D eigenvalue weighted by molar-refractivity contribution is 6.31. The van der Waals surface area contributed by atoms with Crippen molar-refractivity contribution in [1.82, 2.24) is 20.2 Å². The molecule has 0 saturated carbocycles. The topological polar surface area (TPSA) is 78.1 Å². The lowest BCUT2D eigenvalue weighted by Gasteiger charge is -2.29. The summed E-state index contributed by atoms with van der Waals surface area (Å²) in [6.45, 7) is 9.62. The van der Waals surface area contributed by atoms with Gasteiger partial charge in [-0.2, -0.15) is 0 Å². The van der Waals surface area contributed by atoms with E-state index in [1.807, 2.05) is 27.7 Å². The number of hydrogen-bond donors (Lipinski definition) is 2. The molecule has 2 amide bonds. The molecule has 0 radical (unpaired) electrons. The fraction of sp³-hybridized carbons (Fsp3) is 0.320. The predicted octanol–water partition coefficient (Wildman–Crippen LogP) is 4.96. The molecule has 172 valence electrons. The van der Waals surface area contributed by atoms with Crippen LogP contribution in [0.2, 0.25) is 5.02 Å². The molecule has 8 heteroatoms. The van der Waals surface area contributed by atoms with E-state index in [2.05, 4.69) is 15.3 Å². The van der Waals surface area contributed by atoms with E-state index in [1.54, 1.807) is 37.5 Å². The van der Waals surface area contributed by atoms with E-state index in [4.69, 9.17) is 11.6 Å². The Morgan fingerprint density at radius 3 is 2.67 bits per heavy atom. The third kappa shape index (κ3) is 4.25. The van der Waals surface area contributed by atoms with Gasteiger partial charge in [0.25, 0.3) is 11.8 Å². The molecule has 4 rings (SSSR count). The van der Waals surface area contributed by atoms with Crippen molar-refractivity contribution in [3.63, 3.8) is 0 Å². The summed E-state index contributed by atoms with van der Waals surface area (Å²) in [6, 6.07) is 6.06. The third-order valence-electron chi connectivity index (χ3n) is 5.74. The van der Waals surface area contributed by atoms with Crippen LogP contribution in [0.1, 0.15) is 54.9 Å². The zero-order chi connectivity index (χ0) is 24.1. The number of nitrogens with one attached hydrogen (secondary N) is 2. The van der Waals surface area contributed by atoms with Crippen molar-refractivity contribution in [2.24, 2.45) is 0 Å². The Hall–Kier alpha value is -3.19. The van der Waals surface area contributed by atoms with E-state index in [0.717, 1.165) is 5.56 Å². The average Bonchev–Trinajstić information content (AvgIpc) is 3.05. The van der Waals surface area contributed by atoms with Gasteiger partial charge in [-0.25, -0.2) is 4.39 Å². The van der Waals surface area contributed by atoms with Gasteiger partial charge in [-0.3, -0.25) is 14.6 Å². The number of hydrogen-bond acceptors (Lipinski definition) is 3. The zero-order valence-electron chi connectivity index (χ0n) is 19.2. The average molecular weight is 469 g/mol. The molecule has 0 spiro atoms. The molecule has 2 aromatic heterocycles. The molecule has 3 aromatic rings. The second-order valence-corrected chi connectivity index (χ2v) is 9.81. The number of amides is 2. The first-order chi connectivity index (χ1) is 15.5. The SMILES string of the molecule is Cc1ccc(C(=O)N2C=C(C(=O)NC(C)C)c3[nH]c4cc(Cl)cnc4c3C(C)(C)C2)cc1F. The number of benzene rings is 1. The lowest BCUT2D eigenvalue weighted by Crippen LogP contribution is -2.37. The summed E-state index contributed by atoms with van der Waals surface area (Å²) in [5, 5.41) is 3.39. The molecule has 0 bridgehead atoms. The Balaban J connectivity index is 1.90. The van der Waals surface area contributed by atoms with Crippen LogP contribution in [-0.4, -0.2) is 39.3 Å². The highest BCUT2D eigenvalue weighted by Crippen LogP contribution is 2.40. The molecular formula is C25H26ClFN4O2. The number of pyridine rings is 1.